The molecule has 336 valence electrons. The molecule has 0 fully saturated rings. The minimum absolute atomic E-state index is 0.0222. The number of aryl methyl sites for hydroxylation is 1. The summed E-state index contributed by atoms with van der Waals surface area (Å²) >= 11 is 19.0. The van der Waals surface area contributed by atoms with E-state index >= 15 is 0 Å². The first kappa shape index (κ1) is 51.4. The van der Waals surface area contributed by atoms with Gasteiger partial charge in [-0.2, -0.15) is 0 Å². The first-order chi connectivity index (χ1) is 28.3. The number of anilines is 1. The van der Waals surface area contributed by atoms with Crippen LogP contribution in [0.25, 0.3) is 5.65 Å². The second kappa shape index (κ2) is 23.5. The molecular weight excluding hydrogens is 813 g/mol. The number of phenolic OH excluding ortho intramolecular Hbond substituents is 1. The van der Waals surface area contributed by atoms with Gasteiger partial charge in [0.1, 0.15) is 10.8 Å². The van der Waals surface area contributed by atoms with Crippen LogP contribution in [0.15, 0.2) is 24.3 Å². The van der Waals surface area contributed by atoms with E-state index in [0.717, 1.165) is 42.0 Å². The molecule has 0 bridgehead atoms. The van der Waals surface area contributed by atoms with Crippen molar-refractivity contribution in [2.45, 2.75) is 208 Å². The number of H-pyrrole nitrogens is 1. The van der Waals surface area contributed by atoms with Crippen LogP contribution in [-0.4, -0.2) is 36.9 Å². The third-order valence-corrected chi connectivity index (χ3v) is 13.3. The summed E-state index contributed by atoms with van der Waals surface area (Å²) in [4.78, 5) is 13.1. The minimum atomic E-state index is -0.751. The van der Waals surface area contributed by atoms with Crippen molar-refractivity contribution >= 4 is 52.0 Å². The Hall–Kier alpha value is -2.94. The Morgan fingerprint density at radius 1 is 0.800 bits per heavy atom. The number of rotatable bonds is 22. The maximum absolute atomic E-state index is 13.1. The van der Waals surface area contributed by atoms with Gasteiger partial charge in [0, 0.05) is 22.4 Å². The molecule has 4 aromatic rings. The van der Waals surface area contributed by atoms with Crippen molar-refractivity contribution in [1.29, 1.82) is 0 Å². The molecule has 1 atom stereocenters. The van der Waals surface area contributed by atoms with E-state index in [1.165, 1.54) is 82.3 Å². The Bertz CT molecular complexity index is 1960. The molecule has 60 heavy (non-hydrogen) atoms. The van der Waals surface area contributed by atoms with Crippen LogP contribution in [0.5, 0.6) is 11.5 Å². The van der Waals surface area contributed by atoms with E-state index in [2.05, 4.69) is 102 Å². The van der Waals surface area contributed by atoms with Crippen LogP contribution in [-0.2, 0) is 33.9 Å². The minimum Gasteiger partial charge on any atom is -0.504 e. The standard InChI is InChI=1S/C28H39Cl2NO3.C21H37ClN4/c1-9-18-20(29)16-21(25(32)24(18)30)31-26(33)22(10-2)34-23-14-13-17(27(5,6)11-3)15-19(23)28(7,8)12-4;1-5-6-7-8-9-10-11-12-13-14-15-16-17-23-24-20-18(22)19(21(2,3)4)25-26(17)20/h13-16,22,32H,9-12H2,1-8H3,(H,31,33);25H,5-16H2,1-4H3. The molecular formula is C49H76Cl3N5O3. The lowest BCUT2D eigenvalue weighted by molar-refractivity contribution is -0.122. The molecule has 0 radical (unpaired) electrons. The molecule has 0 aliphatic carbocycles. The van der Waals surface area contributed by atoms with Gasteiger partial charge in [-0.05, 0) is 66.2 Å². The van der Waals surface area contributed by atoms with Gasteiger partial charge in [-0.25, -0.2) is 4.52 Å². The van der Waals surface area contributed by atoms with E-state index in [9.17, 15) is 9.90 Å². The Balaban J connectivity index is 0.000000332. The number of carbonyl (C=O) groups is 1. The Kier molecular flexibility index (Phi) is 20.1. The highest BCUT2D eigenvalue weighted by molar-refractivity contribution is 6.37. The highest BCUT2D eigenvalue weighted by Crippen LogP contribution is 2.41. The Labute approximate surface area is 377 Å². The summed E-state index contributed by atoms with van der Waals surface area (Å²) in [7, 11) is 0. The summed E-state index contributed by atoms with van der Waals surface area (Å²) in [6, 6.07) is 7.82. The van der Waals surface area contributed by atoms with Crippen LogP contribution in [0.2, 0.25) is 15.1 Å². The number of hydrogen-bond donors (Lipinski definition) is 3. The maximum atomic E-state index is 13.1. The zero-order valence-corrected chi connectivity index (χ0v) is 41.2. The van der Waals surface area contributed by atoms with Crippen molar-refractivity contribution in [3.05, 3.63) is 67.5 Å². The maximum Gasteiger partial charge on any atom is 0.265 e. The summed E-state index contributed by atoms with van der Waals surface area (Å²) in [5.41, 5.74) is 4.84. The number of hydrogen-bond acceptors (Lipinski definition) is 5. The van der Waals surface area contributed by atoms with Crippen LogP contribution >= 0.6 is 34.8 Å². The van der Waals surface area contributed by atoms with Gasteiger partial charge in [-0.15, -0.1) is 10.2 Å². The van der Waals surface area contributed by atoms with Crippen molar-refractivity contribution in [2.75, 3.05) is 5.32 Å². The second-order valence-corrected chi connectivity index (χ2v) is 19.9. The normalized spacial score (nSPS) is 12.7. The van der Waals surface area contributed by atoms with Gasteiger partial charge in [-0.3, -0.25) is 9.89 Å². The number of ether oxygens (including phenoxy) is 1. The van der Waals surface area contributed by atoms with Crippen molar-refractivity contribution in [2.24, 2.45) is 0 Å². The van der Waals surface area contributed by atoms with Crippen LogP contribution in [0.4, 0.5) is 5.69 Å². The summed E-state index contributed by atoms with van der Waals surface area (Å²) in [5, 5.41) is 26.5. The van der Waals surface area contributed by atoms with E-state index < -0.39 is 6.10 Å². The molecule has 2 aromatic carbocycles. The average molecular weight is 890 g/mol. The van der Waals surface area contributed by atoms with Crippen molar-refractivity contribution in [3.63, 3.8) is 0 Å². The number of aromatic hydroxyl groups is 1. The molecule has 1 amide bonds. The number of fused-ring (bicyclic) bond motifs is 1. The molecule has 0 saturated carbocycles. The van der Waals surface area contributed by atoms with Gasteiger partial charge < -0.3 is 15.2 Å². The monoisotopic (exact) mass is 888 g/mol. The van der Waals surface area contributed by atoms with Gasteiger partial charge in [-0.1, -0.05) is 194 Å². The number of carbonyl (C=O) groups excluding carboxylic acids is 1. The summed E-state index contributed by atoms with van der Waals surface area (Å²) < 4.78 is 8.28. The molecule has 0 saturated heterocycles. The molecule has 0 spiro atoms. The van der Waals surface area contributed by atoms with E-state index in [1.54, 1.807) is 0 Å². The van der Waals surface area contributed by atoms with Gasteiger partial charge in [0.05, 0.1) is 16.4 Å². The van der Waals surface area contributed by atoms with Gasteiger partial charge in [0.25, 0.3) is 5.91 Å². The molecule has 11 heteroatoms. The number of aromatic nitrogens is 4. The number of halogens is 3. The molecule has 1 unspecified atom stereocenters. The highest BCUT2D eigenvalue weighted by atomic mass is 35.5. The fourth-order valence-electron chi connectivity index (χ4n) is 7.19. The zero-order valence-electron chi connectivity index (χ0n) is 38.9. The smallest absolute Gasteiger partial charge is 0.265 e. The fraction of sp³-hybridized carbons (Fsp3) is 0.653. The molecule has 0 aliphatic rings. The Morgan fingerprint density at radius 2 is 1.38 bits per heavy atom. The number of benzene rings is 2. The number of phenols is 1. The number of unbranched alkanes of at least 4 members (excludes halogenated alkanes) is 10. The van der Waals surface area contributed by atoms with Crippen molar-refractivity contribution < 1.29 is 14.6 Å². The third-order valence-electron chi connectivity index (χ3n) is 12.2. The Morgan fingerprint density at radius 3 is 1.92 bits per heavy atom. The number of nitrogens with one attached hydrogen (secondary N) is 2. The third kappa shape index (κ3) is 13.8. The van der Waals surface area contributed by atoms with Crippen LogP contribution in [0.3, 0.4) is 0 Å². The summed E-state index contributed by atoms with van der Waals surface area (Å²) in [6.07, 6.45) is 18.1. The summed E-state index contributed by atoms with van der Waals surface area (Å²) in [6.45, 7) is 25.7. The lowest BCUT2D eigenvalue weighted by atomic mass is 9.76. The first-order valence-corrected chi connectivity index (χ1v) is 23.8. The molecule has 2 heterocycles. The lowest BCUT2D eigenvalue weighted by Crippen LogP contribution is -2.33. The second-order valence-electron chi connectivity index (χ2n) is 18.7. The molecule has 0 aliphatic heterocycles. The fourth-order valence-corrected chi connectivity index (χ4v) is 8.36. The highest BCUT2D eigenvalue weighted by Gasteiger charge is 2.30. The molecule has 8 nitrogen and oxygen atoms in total. The SMILES string of the molecule is CCCCCCCCCCCCCc1nnc2c(Cl)c(C(C)(C)C)[nH]n12.CCc1c(Cl)cc(NC(=O)C(CC)Oc2ccc(C(C)(C)CC)cc2C(C)(C)CC)c(O)c1Cl. The molecule has 2 aromatic heterocycles. The largest absolute Gasteiger partial charge is 0.504 e. The topological polar surface area (TPSA) is 105 Å². The van der Waals surface area contributed by atoms with E-state index in [-0.39, 0.29) is 38.6 Å². The lowest BCUT2D eigenvalue weighted by Gasteiger charge is -2.31. The van der Waals surface area contributed by atoms with Crippen LogP contribution < -0.4 is 10.1 Å². The van der Waals surface area contributed by atoms with Crippen LogP contribution in [0.1, 0.15) is 201 Å². The quantitative estimate of drug-likeness (QED) is 0.0538. The molecule has 4 rings (SSSR count). The molecule has 3 N–H and O–H groups in total. The van der Waals surface area contributed by atoms with Crippen molar-refractivity contribution in [1.82, 2.24) is 19.8 Å². The van der Waals surface area contributed by atoms with E-state index in [1.807, 2.05) is 24.4 Å². The predicted molar refractivity (Wildman–Crippen MR) is 255 cm³/mol. The van der Waals surface area contributed by atoms with Gasteiger partial charge in [0.15, 0.2) is 23.3 Å². The number of aromatic amines is 1. The van der Waals surface area contributed by atoms with E-state index in [0.29, 0.717) is 34.2 Å². The zero-order chi connectivity index (χ0) is 44.8. The average Bonchev–Trinajstić information content (AvgIpc) is 3.77. The summed E-state index contributed by atoms with van der Waals surface area (Å²) in [5.74, 6) is 1.14. The van der Waals surface area contributed by atoms with Gasteiger partial charge in [0.2, 0.25) is 0 Å². The van der Waals surface area contributed by atoms with E-state index in [4.69, 9.17) is 39.5 Å². The first-order valence-electron chi connectivity index (χ1n) is 22.7. The number of nitrogens with zero attached hydrogens (tertiary/aromatic N) is 3. The van der Waals surface area contributed by atoms with Crippen molar-refractivity contribution in [3.8, 4) is 11.5 Å². The number of amides is 1. The van der Waals surface area contributed by atoms with Gasteiger partial charge >= 0.3 is 0 Å². The van der Waals surface area contributed by atoms with Crippen LogP contribution in [0, 0.1) is 0 Å². The predicted octanol–water partition coefficient (Wildman–Crippen LogP) is 15.3.